The minimum atomic E-state index is 0.0349. The van der Waals surface area contributed by atoms with E-state index in [4.69, 9.17) is 21.1 Å². The first kappa shape index (κ1) is 18.0. The van der Waals surface area contributed by atoms with Gasteiger partial charge < -0.3 is 20.1 Å². The predicted octanol–water partition coefficient (Wildman–Crippen LogP) is 3.08. The van der Waals surface area contributed by atoms with Gasteiger partial charge in [0.1, 0.15) is 12.4 Å². The van der Waals surface area contributed by atoms with Crippen LogP contribution in [0, 0.1) is 5.92 Å². The van der Waals surface area contributed by atoms with Crippen molar-refractivity contribution in [2.75, 3.05) is 38.7 Å². The molecule has 128 valence electrons. The van der Waals surface area contributed by atoms with Crippen LogP contribution in [0.5, 0.6) is 5.75 Å². The second kappa shape index (κ2) is 9.75. The van der Waals surface area contributed by atoms with Crippen LogP contribution in [0.2, 0.25) is 5.02 Å². The first-order chi connectivity index (χ1) is 11.2. The number of nitrogens with one attached hydrogen (secondary N) is 2. The summed E-state index contributed by atoms with van der Waals surface area (Å²) in [7, 11) is 1.62. The summed E-state index contributed by atoms with van der Waals surface area (Å²) in [5, 5.41) is 6.72. The summed E-state index contributed by atoms with van der Waals surface area (Å²) in [6.07, 6.45) is 3.81. The average Bonchev–Trinajstić information content (AvgIpc) is 2.56. The zero-order valence-corrected chi connectivity index (χ0v) is 14.3. The van der Waals surface area contributed by atoms with Crippen molar-refractivity contribution in [1.82, 2.24) is 5.32 Å². The zero-order chi connectivity index (χ0) is 16.5. The number of benzene rings is 1. The first-order valence-corrected chi connectivity index (χ1v) is 8.48. The summed E-state index contributed by atoms with van der Waals surface area (Å²) >= 11 is 6.17. The Kier molecular flexibility index (Phi) is 7.65. The standard InChI is InChI=1S/C17H25ClN2O3/c1-22-10-11-23-16-4-3-14(12-15(16)18)20-17(21)5-2-13-6-8-19-9-7-13/h3-4,12-13,19H,2,5-11H2,1H3,(H,20,21). The Morgan fingerprint density at radius 1 is 1.35 bits per heavy atom. The summed E-state index contributed by atoms with van der Waals surface area (Å²) in [5.41, 5.74) is 0.699. The van der Waals surface area contributed by atoms with Gasteiger partial charge in [-0.1, -0.05) is 11.6 Å². The van der Waals surface area contributed by atoms with Crippen LogP contribution in [0.25, 0.3) is 0 Å². The van der Waals surface area contributed by atoms with Gasteiger partial charge in [0, 0.05) is 19.2 Å². The van der Waals surface area contributed by atoms with Gasteiger partial charge in [0.25, 0.3) is 0 Å². The van der Waals surface area contributed by atoms with Gasteiger partial charge in [-0.05, 0) is 56.5 Å². The van der Waals surface area contributed by atoms with Gasteiger partial charge in [0.05, 0.1) is 11.6 Å². The van der Waals surface area contributed by atoms with Gasteiger partial charge in [-0.3, -0.25) is 4.79 Å². The molecule has 23 heavy (non-hydrogen) atoms. The monoisotopic (exact) mass is 340 g/mol. The second-order valence-electron chi connectivity index (χ2n) is 5.77. The fourth-order valence-electron chi connectivity index (χ4n) is 2.66. The maximum atomic E-state index is 12.0. The minimum absolute atomic E-state index is 0.0349. The number of rotatable bonds is 8. The van der Waals surface area contributed by atoms with E-state index in [0.717, 1.165) is 32.4 Å². The lowest BCUT2D eigenvalue weighted by Gasteiger charge is -2.22. The highest BCUT2D eigenvalue weighted by Crippen LogP contribution is 2.28. The van der Waals surface area contributed by atoms with Crippen molar-refractivity contribution in [3.8, 4) is 5.75 Å². The third-order valence-corrected chi connectivity index (χ3v) is 4.29. The number of hydrogen-bond donors (Lipinski definition) is 2. The number of methoxy groups -OCH3 is 1. The minimum Gasteiger partial charge on any atom is -0.490 e. The van der Waals surface area contributed by atoms with Gasteiger partial charge >= 0.3 is 0 Å². The Morgan fingerprint density at radius 3 is 2.83 bits per heavy atom. The predicted molar refractivity (Wildman–Crippen MR) is 92.3 cm³/mol. The molecule has 0 saturated carbocycles. The molecule has 1 saturated heterocycles. The largest absolute Gasteiger partial charge is 0.490 e. The van der Waals surface area contributed by atoms with E-state index in [1.807, 2.05) is 0 Å². The molecule has 5 nitrogen and oxygen atoms in total. The lowest BCUT2D eigenvalue weighted by Crippen LogP contribution is -2.28. The molecule has 0 unspecified atom stereocenters. The quantitative estimate of drug-likeness (QED) is 0.714. The highest BCUT2D eigenvalue weighted by molar-refractivity contribution is 6.32. The van der Waals surface area contributed by atoms with Crippen LogP contribution in [0.3, 0.4) is 0 Å². The molecule has 1 aromatic rings. The third kappa shape index (κ3) is 6.37. The molecule has 0 aromatic heterocycles. The van der Waals surface area contributed by atoms with Crippen molar-refractivity contribution < 1.29 is 14.3 Å². The summed E-state index contributed by atoms with van der Waals surface area (Å²) in [5.74, 6) is 1.28. The topological polar surface area (TPSA) is 59.6 Å². The van der Waals surface area contributed by atoms with Crippen molar-refractivity contribution in [3.05, 3.63) is 23.2 Å². The Hall–Kier alpha value is -1.30. The molecule has 0 bridgehead atoms. The molecule has 1 aliphatic heterocycles. The molecule has 0 radical (unpaired) electrons. The Morgan fingerprint density at radius 2 is 2.13 bits per heavy atom. The smallest absolute Gasteiger partial charge is 0.224 e. The molecule has 1 heterocycles. The van der Waals surface area contributed by atoms with E-state index in [1.165, 1.54) is 0 Å². The summed E-state index contributed by atoms with van der Waals surface area (Å²) in [6.45, 7) is 3.07. The Bertz CT molecular complexity index is 505. The number of ether oxygens (including phenoxy) is 2. The van der Waals surface area contributed by atoms with Crippen LogP contribution in [0.15, 0.2) is 18.2 Å². The van der Waals surface area contributed by atoms with Gasteiger partial charge in [-0.15, -0.1) is 0 Å². The lowest BCUT2D eigenvalue weighted by molar-refractivity contribution is -0.116. The first-order valence-electron chi connectivity index (χ1n) is 8.11. The van der Waals surface area contributed by atoms with Crippen LogP contribution in [-0.4, -0.2) is 39.3 Å². The van der Waals surface area contributed by atoms with Gasteiger partial charge in [0.15, 0.2) is 0 Å². The molecule has 2 N–H and O–H groups in total. The SMILES string of the molecule is COCCOc1ccc(NC(=O)CCC2CCNCC2)cc1Cl. The van der Waals surface area contributed by atoms with Gasteiger partial charge in [0.2, 0.25) is 5.91 Å². The van der Waals surface area contributed by atoms with Crippen molar-refractivity contribution in [1.29, 1.82) is 0 Å². The van der Waals surface area contributed by atoms with E-state index < -0.39 is 0 Å². The molecule has 0 spiro atoms. The normalized spacial score (nSPS) is 15.4. The van der Waals surface area contributed by atoms with E-state index >= 15 is 0 Å². The van der Waals surface area contributed by atoms with E-state index in [9.17, 15) is 4.79 Å². The number of amides is 1. The average molecular weight is 341 g/mol. The van der Waals surface area contributed by atoms with Gasteiger partial charge in [-0.2, -0.15) is 0 Å². The van der Waals surface area contributed by atoms with Crippen LogP contribution in [-0.2, 0) is 9.53 Å². The number of anilines is 1. The molecule has 2 rings (SSSR count). The van der Waals surface area contributed by atoms with Crippen LogP contribution >= 0.6 is 11.6 Å². The third-order valence-electron chi connectivity index (χ3n) is 4.00. The number of halogens is 1. The molecule has 1 aliphatic rings. The summed E-state index contributed by atoms with van der Waals surface area (Å²) < 4.78 is 10.4. The number of carbonyl (C=O) groups is 1. The fourth-order valence-corrected chi connectivity index (χ4v) is 2.89. The van der Waals surface area contributed by atoms with E-state index in [0.29, 0.717) is 42.0 Å². The van der Waals surface area contributed by atoms with Crippen molar-refractivity contribution in [3.63, 3.8) is 0 Å². The second-order valence-corrected chi connectivity index (χ2v) is 6.17. The lowest BCUT2D eigenvalue weighted by atomic mass is 9.93. The van der Waals surface area contributed by atoms with E-state index in [1.54, 1.807) is 25.3 Å². The van der Waals surface area contributed by atoms with E-state index in [-0.39, 0.29) is 5.91 Å². The highest BCUT2D eigenvalue weighted by Gasteiger charge is 2.14. The van der Waals surface area contributed by atoms with Gasteiger partial charge in [-0.25, -0.2) is 0 Å². The zero-order valence-electron chi connectivity index (χ0n) is 13.6. The Labute approximate surface area is 142 Å². The van der Waals surface area contributed by atoms with Crippen LogP contribution in [0.1, 0.15) is 25.7 Å². The number of carbonyl (C=O) groups excluding carboxylic acids is 1. The van der Waals surface area contributed by atoms with E-state index in [2.05, 4.69) is 10.6 Å². The highest BCUT2D eigenvalue weighted by atomic mass is 35.5. The molecule has 1 fully saturated rings. The molecule has 1 aromatic carbocycles. The number of piperidine rings is 1. The molecule has 6 heteroatoms. The Balaban J connectivity index is 1.77. The summed E-state index contributed by atoms with van der Waals surface area (Å²) in [6, 6.07) is 5.28. The molecule has 0 atom stereocenters. The number of hydrogen-bond acceptors (Lipinski definition) is 4. The van der Waals surface area contributed by atoms with Crippen molar-refractivity contribution in [2.45, 2.75) is 25.7 Å². The molecule has 0 aliphatic carbocycles. The maximum absolute atomic E-state index is 12.0. The van der Waals surface area contributed by atoms with Crippen molar-refractivity contribution >= 4 is 23.2 Å². The molecule has 1 amide bonds. The van der Waals surface area contributed by atoms with Crippen LogP contribution in [0.4, 0.5) is 5.69 Å². The molecular formula is C17H25ClN2O3. The van der Waals surface area contributed by atoms with Crippen LogP contribution < -0.4 is 15.4 Å². The molecular weight excluding hydrogens is 316 g/mol. The summed E-state index contributed by atoms with van der Waals surface area (Å²) in [4.78, 5) is 12.0. The maximum Gasteiger partial charge on any atom is 0.224 e. The van der Waals surface area contributed by atoms with Crippen molar-refractivity contribution in [2.24, 2.45) is 5.92 Å². The fraction of sp³-hybridized carbons (Fsp3) is 0.588.